The Kier molecular flexibility index (Phi) is 31.5. The summed E-state index contributed by atoms with van der Waals surface area (Å²) in [5, 5.41) is 8.19. The van der Waals surface area contributed by atoms with Crippen LogP contribution in [0.15, 0.2) is 37.5 Å². The van der Waals surface area contributed by atoms with Crippen LogP contribution in [0.1, 0.15) is 85.0 Å². The Morgan fingerprint density at radius 1 is 0.697 bits per heavy atom. The number of carbonyl (C=O) groups is 3. The Balaban J connectivity index is -0.000000433. The van der Waals surface area contributed by atoms with Gasteiger partial charge in [0.05, 0.1) is 19.8 Å². The Morgan fingerprint density at radius 2 is 1.12 bits per heavy atom. The number of hydrogen-bond acceptors (Lipinski definition) is 7. The predicted octanol–water partition coefficient (Wildman–Crippen LogP) is 5.47. The Labute approximate surface area is 200 Å². The smallest absolute Gasteiger partial charge is 0.333 e. The maximum absolute atomic E-state index is 10.7. The monoisotopic (exact) mass is 470 g/mol. The molecular formula is C26H46O7. The largest absolute Gasteiger partial charge is 0.463 e. The topological polar surface area (TPSA) is 99.1 Å². The molecule has 0 aliphatic carbocycles. The highest BCUT2D eigenvalue weighted by Crippen LogP contribution is 2.08. The first-order valence-corrected chi connectivity index (χ1v) is 11.8. The fourth-order valence-electron chi connectivity index (χ4n) is 2.11. The van der Waals surface area contributed by atoms with Crippen LogP contribution in [0.25, 0.3) is 0 Å². The van der Waals surface area contributed by atoms with Crippen molar-refractivity contribution < 1.29 is 33.7 Å². The van der Waals surface area contributed by atoms with E-state index in [1.807, 2.05) is 6.92 Å². The third kappa shape index (κ3) is 34.4. The first-order valence-electron chi connectivity index (χ1n) is 11.8. The Hall–Kier alpha value is -2.41. The standard InChI is InChI=1S/C13H24O2.C7H12O2.C6H10O3/c1-3-5-6-7-8-9-10-11-12-15-13(14)4-2;1-3-5-6-9-7(8)4-2;1-5(2)6(8)9-4-3-7/h4H,2-3,5-12H2,1H3;4H,2-3,5-6H2,1H3;7H,1,3-4H2,2H3. The zero-order valence-corrected chi connectivity index (χ0v) is 21.1. The van der Waals surface area contributed by atoms with Crippen LogP contribution < -0.4 is 0 Å². The van der Waals surface area contributed by atoms with E-state index in [2.05, 4.69) is 36.1 Å². The van der Waals surface area contributed by atoms with Gasteiger partial charge in [-0.3, -0.25) is 0 Å². The number of esters is 3. The summed E-state index contributed by atoms with van der Waals surface area (Å²) in [4.78, 5) is 31.5. The molecule has 0 radical (unpaired) electrons. The second kappa shape index (κ2) is 29.6. The van der Waals surface area contributed by atoms with Crippen molar-refractivity contribution in [2.45, 2.75) is 85.0 Å². The van der Waals surface area contributed by atoms with Gasteiger partial charge in [0, 0.05) is 17.7 Å². The van der Waals surface area contributed by atoms with E-state index in [1.165, 1.54) is 50.7 Å². The summed E-state index contributed by atoms with van der Waals surface area (Å²) in [6, 6.07) is 0. The fraction of sp³-hybridized carbons (Fsp3) is 0.654. The molecule has 192 valence electrons. The molecule has 7 heteroatoms. The lowest BCUT2D eigenvalue weighted by molar-refractivity contribution is -0.140. The average Bonchev–Trinajstić information content (AvgIpc) is 2.82. The highest BCUT2D eigenvalue weighted by atomic mass is 16.5. The minimum absolute atomic E-state index is 0.0473. The van der Waals surface area contributed by atoms with E-state index in [0.717, 1.165) is 25.7 Å². The molecule has 33 heavy (non-hydrogen) atoms. The molecule has 1 N–H and O–H groups in total. The summed E-state index contributed by atoms with van der Waals surface area (Å²) in [5.74, 6) is -1.09. The number of rotatable bonds is 17. The first kappa shape index (κ1) is 35.2. The maximum atomic E-state index is 10.7. The van der Waals surface area contributed by atoms with E-state index in [9.17, 15) is 14.4 Å². The van der Waals surface area contributed by atoms with E-state index in [1.54, 1.807) is 6.92 Å². The molecule has 0 spiro atoms. The highest BCUT2D eigenvalue weighted by molar-refractivity contribution is 5.86. The first-order chi connectivity index (χ1) is 15.8. The molecule has 0 fully saturated rings. The van der Waals surface area contributed by atoms with Crippen LogP contribution in [0, 0.1) is 0 Å². The quantitative estimate of drug-likeness (QED) is 0.130. The van der Waals surface area contributed by atoms with Crippen LogP contribution in [0.3, 0.4) is 0 Å². The summed E-state index contributed by atoms with van der Waals surface area (Å²) < 4.78 is 14.0. The van der Waals surface area contributed by atoms with Crippen LogP contribution in [-0.4, -0.2) is 49.4 Å². The Bertz CT molecular complexity index is 525. The van der Waals surface area contributed by atoms with E-state index in [-0.39, 0.29) is 25.2 Å². The van der Waals surface area contributed by atoms with E-state index in [0.29, 0.717) is 18.8 Å². The Morgan fingerprint density at radius 3 is 1.52 bits per heavy atom. The van der Waals surface area contributed by atoms with Crippen molar-refractivity contribution in [2.24, 2.45) is 0 Å². The molecular weight excluding hydrogens is 424 g/mol. The van der Waals surface area contributed by atoms with Crippen LogP contribution in [-0.2, 0) is 28.6 Å². The summed E-state index contributed by atoms with van der Waals surface area (Å²) in [5.41, 5.74) is 0.350. The van der Waals surface area contributed by atoms with Gasteiger partial charge >= 0.3 is 17.9 Å². The van der Waals surface area contributed by atoms with Crippen molar-refractivity contribution in [1.29, 1.82) is 0 Å². The summed E-state index contributed by atoms with van der Waals surface area (Å²) in [6.45, 7) is 16.8. The van der Waals surface area contributed by atoms with Gasteiger partial charge < -0.3 is 19.3 Å². The van der Waals surface area contributed by atoms with Crippen LogP contribution in [0.4, 0.5) is 0 Å². The molecule has 0 aromatic heterocycles. The SMILES string of the molecule is C=C(C)C(=O)OCCO.C=CC(=O)OCCCC.C=CC(=O)OCCCCCCCCCC. The van der Waals surface area contributed by atoms with Gasteiger partial charge in [-0.2, -0.15) is 0 Å². The number of aliphatic hydroxyl groups excluding tert-OH is 1. The molecule has 0 unspecified atom stereocenters. The van der Waals surface area contributed by atoms with Gasteiger partial charge in [-0.15, -0.1) is 0 Å². The van der Waals surface area contributed by atoms with Crippen LogP contribution in [0.5, 0.6) is 0 Å². The van der Waals surface area contributed by atoms with Gasteiger partial charge in [-0.05, 0) is 19.8 Å². The minimum atomic E-state index is -0.455. The summed E-state index contributed by atoms with van der Waals surface area (Å²) >= 11 is 0. The van der Waals surface area contributed by atoms with Gasteiger partial charge in [-0.25, -0.2) is 14.4 Å². The van der Waals surface area contributed by atoms with Crippen molar-refractivity contribution in [3.05, 3.63) is 37.5 Å². The van der Waals surface area contributed by atoms with E-state index in [4.69, 9.17) is 9.84 Å². The van der Waals surface area contributed by atoms with Gasteiger partial charge in [-0.1, -0.05) is 85.0 Å². The lowest BCUT2D eigenvalue weighted by Gasteiger charge is -2.02. The molecule has 0 aliphatic rings. The lowest BCUT2D eigenvalue weighted by atomic mass is 10.1. The molecule has 0 bridgehead atoms. The molecule has 0 aliphatic heterocycles. The average molecular weight is 471 g/mol. The van der Waals surface area contributed by atoms with Crippen molar-refractivity contribution in [3.63, 3.8) is 0 Å². The number of carbonyl (C=O) groups excluding carboxylic acids is 3. The van der Waals surface area contributed by atoms with E-state index < -0.39 is 5.97 Å². The third-order valence-electron chi connectivity index (χ3n) is 3.99. The van der Waals surface area contributed by atoms with Crippen LogP contribution >= 0.6 is 0 Å². The van der Waals surface area contributed by atoms with Crippen molar-refractivity contribution in [2.75, 3.05) is 26.4 Å². The fourth-order valence-corrected chi connectivity index (χ4v) is 2.11. The lowest BCUT2D eigenvalue weighted by Crippen LogP contribution is -2.08. The van der Waals surface area contributed by atoms with Crippen LogP contribution in [0.2, 0.25) is 0 Å². The second-order valence-corrected chi connectivity index (χ2v) is 7.21. The van der Waals surface area contributed by atoms with Gasteiger partial charge in [0.1, 0.15) is 6.61 Å². The zero-order valence-electron chi connectivity index (χ0n) is 21.1. The molecule has 0 amide bonds. The molecule has 0 saturated heterocycles. The van der Waals surface area contributed by atoms with Gasteiger partial charge in [0.25, 0.3) is 0 Å². The highest BCUT2D eigenvalue weighted by Gasteiger charge is 2.00. The molecule has 0 saturated carbocycles. The maximum Gasteiger partial charge on any atom is 0.333 e. The molecule has 0 aromatic rings. The molecule has 0 atom stereocenters. The molecule has 7 nitrogen and oxygen atoms in total. The second-order valence-electron chi connectivity index (χ2n) is 7.21. The van der Waals surface area contributed by atoms with Crippen molar-refractivity contribution in [1.82, 2.24) is 0 Å². The zero-order chi connectivity index (χ0) is 25.7. The summed E-state index contributed by atoms with van der Waals surface area (Å²) in [6.07, 6.45) is 14.5. The van der Waals surface area contributed by atoms with Crippen molar-refractivity contribution in [3.8, 4) is 0 Å². The third-order valence-corrected chi connectivity index (χ3v) is 3.99. The number of aliphatic hydroxyl groups is 1. The number of ether oxygens (including phenoxy) is 3. The normalized spacial score (nSPS) is 9.21. The number of unbranched alkanes of at least 4 members (excludes halogenated alkanes) is 8. The summed E-state index contributed by atoms with van der Waals surface area (Å²) in [7, 11) is 0. The van der Waals surface area contributed by atoms with E-state index >= 15 is 0 Å². The molecule has 0 aromatic carbocycles. The van der Waals surface area contributed by atoms with Crippen molar-refractivity contribution >= 4 is 17.9 Å². The number of hydrogen-bond donors (Lipinski definition) is 1. The predicted molar refractivity (Wildman–Crippen MR) is 133 cm³/mol. The minimum Gasteiger partial charge on any atom is -0.463 e. The van der Waals surface area contributed by atoms with Gasteiger partial charge in [0.15, 0.2) is 0 Å². The molecule has 0 rings (SSSR count). The van der Waals surface area contributed by atoms with Gasteiger partial charge in [0.2, 0.25) is 0 Å². The molecule has 0 heterocycles.